The van der Waals surface area contributed by atoms with Crippen molar-refractivity contribution in [2.75, 3.05) is 37.9 Å². The molecule has 2 saturated heterocycles. The highest BCUT2D eigenvalue weighted by Crippen LogP contribution is 2.40. The smallest absolute Gasteiger partial charge is 0.261 e. The fraction of sp³-hybridized carbons (Fsp3) is 0.542. The van der Waals surface area contributed by atoms with Crippen LogP contribution in [0.4, 0.5) is 5.69 Å². The van der Waals surface area contributed by atoms with E-state index >= 15 is 0 Å². The molecule has 0 radical (unpaired) electrons. The van der Waals surface area contributed by atoms with Gasteiger partial charge in [0.1, 0.15) is 0 Å². The maximum atomic E-state index is 13.1. The molecular weight excluding hydrogens is 424 g/mol. The van der Waals surface area contributed by atoms with E-state index in [0.29, 0.717) is 24.2 Å². The average Bonchev–Trinajstić information content (AvgIpc) is 2.76. The number of aryl methyl sites for hydroxylation is 1. The third-order valence-electron chi connectivity index (χ3n) is 7.40. The van der Waals surface area contributed by atoms with Gasteiger partial charge in [0.2, 0.25) is 0 Å². The Hall–Kier alpha value is -2.16. The molecule has 1 aromatic carbocycles. The summed E-state index contributed by atoms with van der Waals surface area (Å²) in [5.41, 5.74) is 2.36. The summed E-state index contributed by atoms with van der Waals surface area (Å²) in [5, 5.41) is 0. The fourth-order valence-electron chi connectivity index (χ4n) is 5.72. The molecule has 2 unspecified atom stereocenters. The molecule has 4 heterocycles. The Morgan fingerprint density at radius 2 is 1.69 bits per heavy atom. The molecule has 2 bridgehead atoms. The second-order valence-corrected chi connectivity index (χ2v) is 11.5. The molecule has 0 saturated carbocycles. The first-order valence-corrected chi connectivity index (χ1v) is 13.0. The van der Waals surface area contributed by atoms with Crippen molar-refractivity contribution in [2.24, 2.45) is 5.92 Å². The average molecular weight is 457 g/mol. The molecule has 1 aromatic heterocycles. The van der Waals surface area contributed by atoms with E-state index in [4.69, 9.17) is 0 Å². The molecule has 2 aromatic rings. The molecule has 5 rings (SSSR count). The summed E-state index contributed by atoms with van der Waals surface area (Å²) in [7, 11) is -1.55. The van der Waals surface area contributed by atoms with Crippen LogP contribution in [0.1, 0.15) is 36.4 Å². The number of fused-ring (bicyclic) bond motifs is 4. The number of pyridine rings is 1. The van der Waals surface area contributed by atoms with Gasteiger partial charge >= 0.3 is 0 Å². The van der Waals surface area contributed by atoms with Crippen molar-refractivity contribution >= 4 is 15.7 Å². The van der Waals surface area contributed by atoms with Gasteiger partial charge in [-0.3, -0.25) is 14.4 Å². The molecule has 2 fully saturated rings. The summed E-state index contributed by atoms with van der Waals surface area (Å²) in [5.74, 6) is 0.592. The lowest BCUT2D eigenvalue weighted by Gasteiger charge is -2.47. The van der Waals surface area contributed by atoms with E-state index < -0.39 is 10.0 Å². The van der Waals surface area contributed by atoms with E-state index in [1.54, 1.807) is 30.3 Å². The van der Waals surface area contributed by atoms with Crippen LogP contribution >= 0.6 is 0 Å². The number of anilines is 1. The number of sulfonamides is 1. The maximum Gasteiger partial charge on any atom is 0.261 e. The van der Waals surface area contributed by atoms with Gasteiger partial charge in [-0.25, -0.2) is 8.42 Å². The van der Waals surface area contributed by atoms with Gasteiger partial charge in [0.15, 0.2) is 0 Å². The molecule has 7 nitrogen and oxygen atoms in total. The van der Waals surface area contributed by atoms with Gasteiger partial charge in [0.25, 0.3) is 15.6 Å². The summed E-state index contributed by atoms with van der Waals surface area (Å²) in [6.45, 7) is 6.74. The van der Waals surface area contributed by atoms with Gasteiger partial charge in [-0.15, -0.1) is 0 Å². The topological polar surface area (TPSA) is 74.6 Å². The molecule has 1 N–H and O–H groups in total. The Morgan fingerprint density at radius 3 is 2.41 bits per heavy atom. The molecule has 0 spiro atoms. The summed E-state index contributed by atoms with van der Waals surface area (Å²) in [6, 6.07) is 10.6. The van der Waals surface area contributed by atoms with Crippen molar-refractivity contribution in [2.45, 2.75) is 49.6 Å². The molecular formula is C24H32N4O3S. The number of piperidine rings is 2. The molecule has 2 atom stereocenters. The molecule has 32 heavy (non-hydrogen) atoms. The number of nitrogens with one attached hydrogen (secondary N) is 1. The maximum absolute atomic E-state index is 13.1. The zero-order valence-corrected chi connectivity index (χ0v) is 19.6. The number of hydrogen-bond acceptors (Lipinski definition) is 5. The van der Waals surface area contributed by atoms with Crippen molar-refractivity contribution < 1.29 is 8.42 Å². The first kappa shape index (κ1) is 21.7. The monoisotopic (exact) mass is 456 g/mol. The first-order chi connectivity index (χ1) is 15.3. The van der Waals surface area contributed by atoms with Crippen molar-refractivity contribution in [1.82, 2.24) is 14.4 Å². The Morgan fingerprint density at radius 1 is 0.969 bits per heavy atom. The summed E-state index contributed by atoms with van der Waals surface area (Å²) < 4.78 is 30.8. The quantitative estimate of drug-likeness (QED) is 0.765. The lowest BCUT2D eigenvalue weighted by atomic mass is 9.81. The zero-order chi connectivity index (χ0) is 22.5. The normalized spacial score (nSPS) is 24.8. The van der Waals surface area contributed by atoms with Gasteiger partial charge < -0.3 is 9.47 Å². The number of hydrogen-bond donors (Lipinski definition) is 1. The minimum absolute atomic E-state index is 0.0410. The van der Waals surface area contributed by atoms with E-state index in [1.807, 2.05) is 11.5 Å². The summed E-state index contributed by atoms with van der Waals surface area (Å²) in [4.78, 5) is 17.9. The zero-order valence-electron chi connectivity index (χ0n) is 18.8. The van der Waals surface area contributed by atoms with Crippen LogP contribution in [0.5, 0.6) is 0 Å². The van der Waals surface area contributed by atoms with Crippen LogP contribution < -0.4 is 10.3 Å². The Kier molecular flexibility index (Phi) is 5.63. The number of aromatic nitrogens is 1. The van der Waals surface area contributed by atoms with Gasteiger partial charge in [0.05, 0.1) is 10.6 Å². The number of rotatable bonds is 4. The minimum Gasteiger partial charge on any atom is -0.310 e. The molecule has 3 aliphatic heterocycles. The van der Waals surface area contributed by atoms with Crippen LogP contribution in [0.25, 0.3) is 0 Å². The number of benzene rings is 1. The second-order valence-electron chi connectivity index (χ2n) is 9.79. The lowest BCUT2D eigenvalue weighted by molar-refractivity contribution is 0.0519. The van der Waals surface area contributed by atoms with Crippen molar-refractivity contribution in [3.63, 3.8) is 0 Å². The van der Waals surface area contributed by atoms with Gasteiger partial charge in [0, 0.05) is 43.4 Å². The van der Waals surface area contributed by atoms with Crippen LogP contribution in [-0.4, -0.2) is 62.1 Å². The summed E-state index contributed by atoms with van der Waals surface area (Å²) in [6.07, 6.45) is 3.35. The van der Waals surface area contributed by atoms with Crippen LogP contribution in [0.2, 0.25) is 0 Å². The Balaban J connectivity index is 1.45. The molecule has 172 valence electrons. The third-order valence-corrected chi connectivity index (χ3v) is 8.78. The molecule has 8 heteroatoms. The van der Waals surface area contributed by atoms with Crippen molar-refractivity contribution in [1.29, 1.82) is 0 Å². The van der Waals surface area contributed by atoms with E-state index in [0.717, 1.165) is 43.9 Å². The van der Waals surface area contributed by atoms with Gasteiger partial charge in [-0.2, -0.15) is 0 Å². The Labute approximate surface area is 190 Å². The second kappa shape index (κ2) is 8.32. The SMILES string of the molecule is Cc1ccc(S(=O)(=O)Nc2ccc(=O)n3c2C2CC(CN(C4CCN(C)CC4)C2)C3)cc1. The highest BCUT2D eigenvalue weighted by molar-refractivity contribution is 7.92. The van der Waals surface area contributed by atoms with Crippen molar-refractivity contribution in [3.05, 3.63) is 58.0 Å². The van der Waals surface area contributed by atoms with Crippen molar-refractivity contribution in [3.8, 4) is 0 Å². The first-order valence-electron chi connectivity index (χ1n) is 11.6. The van der Waals surface area contributed by atoms with Crippen LogP contribution in [0.3, 0.4) is 0 Å². The van der Waals surface area contributed by atoms with Crippen LogP contribution in [0.15, 0.2) is 46.1 Å². The molecule has 0 amide bonds. The molecule has 3 aliphatic rings. The number of nitrogens with zero attached hydrogens (tertiary/aromatic N) is 3. The van der Waals surface area contributed by atoms with Crippen LogP contribution in [0, 0.1) is 12.8 Å². The standard InChI is InChI=1S/C24H32N4O3S/c1-17-3-5-21(6-4-17)32(30,31)25-22-7-8-23(29)28-15-18-13-19(24(22)28)16-27(14-18)20-9-11-26(2)12-10-20/h3-8,18-20,25H,9-16H2,1-2H3. The van der Waals surface area contributed by atoms with Gasteiger partial charge in [-0.1, -0.05) is 17.7 Å². The summed E-state index contributed by atoms with van der Waals surface area (Å²) >= 11 is 0. The highest BCUT2D eigenvalue weighted by atomic mass is 32.2. The lowest BCUT2D eigenvalue weighted by Crippen LogP contribution is -2.53. The predicted octanol–water partition coefficient (Wildman–Crippen LogP) is 2.47. The van der Waals surface area contributed by atoms with Crippen LogP contribution in [-0.2, 0) is 16.6 Å². The molecule has 0 aliphatic carbocycles. The van der Waals surface area contributed by atoms with E-state index in [-0.39, 0.29) is 16.4 Å². The Bertz CT molecular complexity index is 1150. The van der Waals surface area contributed by atoms with Gasteiger partial charge in [-0.05, 0) is 70.4 Å². The largest absolute Gasteiger partial charge is 0.310 e. The predicted molar refractivity (Wildman–Crippen MR) is 126 cm³/mol. The van der Waals surface area contributed by atoms with E-state index in [2.05, 4.69) is 21.6 Å². The number of likely N-dealkylation sites (tertiary alicyclic amines) is 2. The fourth-order valence-corrected chi connectivity index (χ4v) is 6.79. The third kappa shape index (κ3) is 4.11. The van der Waals surface area contributed by atoms with E-state index in [1.165, 1.54) is 18.9 Å². The highest BCUT2D eigenvalue weighted by Gasteiger charge is 2.39. The van der Waals surface area contributed by atoms with E-state index in [9.17, 15) is 13.2 Å². The minimum atomic E-state index is -3.73.